The highest BCUT2D eigenvalue weighted by Gasteiger charge is 2.10. The zero-order chi connectivity index (χ0) is 14.8. The molecule has 21 heavy (non-hydrogen) atoms. The fourth-order valence-corrected chi connectivity index (χ4v) is 2.55. The number of hydrogen-bond donors (Lipinski definition) is 1. The van der Waals surface area contributed by atoms with Crippen LogP contribution in [0.25, 0.3) is 10.9 Å². The number of nitrogens with two attached hydrogens (primary N) is 1. The van der Waals surface area contributed by atoms with Crippen LogP contribution < -0.4 is 10.5 Å². The van der Waals surface area contributed by atoms with Crippen molar-refractivity contribution in [3.8, 4) is 5.75 Å². The second-order valence-corrected chi connectivity index (χ2v) is 4.93. The lowest BCUT2D eigenvalue weighted by atomic mass is 10.1. The zero-order valence-electron chi connectivity index (χ0n) is 11.8. The second-order valence-electron chi connectivity index (χ2n) is 4.93. The Hall–Kier alpha value is -2.49. The van der Waals surface area contributed by atoms with Crippen LogP contribution in [-0.2, 0) is 13.2 Å². The van der Waals surface area contributed by atoms with Gasteiger partial charge in [-0.05, 0) is 25.1 Å². The summed E-state index contributed by atoms with van der Waals surface area (Å²) in [4.78, 5) is 0. The van der Waals surface area contributed by atoms with E-state index in [1.807, 2.05) is 24.4 Å². The lowest BCUT2D eigenvalue weighted by Crippen LogP contribution is -1.95. The molecule has 0 aliphatic rings. The van der Waals surface area contributed by atoms with Crippen LogP contribution in [0.5, 0.6) is 5.75 Å². The number of benzene rings is 2. The van der Waals surface area contributed by atoms with E-state index < -0.39 is 0 Å². The normalized spacial score (nSPS) is 11.0. The van der Waals surface area contributed by atoms with Gasteiger partial charge in [0.25, 0.3) is 0 Å². The highest BCUT2D eigenvalue weighted by molar-refractivity contribution is 5.93. The molecule has 3 nitrogen and oxygen atoms in total. The van der Waals surface area contributed by atoms with Crippen molar-refractivity contribution in [1.29, 1.82) is 0 Å². The van der Waals surface area contributed by atoms with Gasteiger partial charge in [-0.25, -0.2) is 4.39 Å². The summed E-state index contributed by atoms with van der Waals surface area (Å²) in [6, 6.07) is 12.0. The SMILES string of the molecule is CCn1cc(COc2cccc(F)c2)c2cccc(N)c21. The van der Waals surface area contributed by atoms with Gasteiger partial charge in [-0.3, -0.25) is 0 Å². The van der Waals surface area contributed by atoms with Crippen molar-refractivity contribution >= 4 is 16.6 Å². The molecular weight excluding hydrogens is 267 g/mol. The van der Waals surface area contributed by atoms with Crippen molar-refractivity contribution in [1.82, 2.24) is 4.57 Å². The molecule has 1 aromatic heterocycles. The number of aryl methyl sites for hydroxylation is 1. The van der Waals surface area contributed by atoms with E-state index in [4.69, 9.17) is 10.5 Å². The summed E-state index contributed by atoms with van der Waals surface area (Å²) in [5.41, 5.74) is 8.89. The van der Waals surface area contributed by atoms with Gasteiger partial charge in [-0.15, -0.1) is 0 Å². The minimum atomic E-state index is -0.298. The minimum absolute atomic E-state index is 0.298. The number of nitrogen functional groups attached to an aromatic ring is 1. The second kappa shape index (κ2) is 5.48. The van der Waals surface area contributed by atoms with E-state index in [1.165, 1.54) is 12.1 Å². The molecule has 0 atom stereocenters. The molecule has 0 bridgehead atoms. The molecule has 3 aromatic rings. The molecular formula is C17H17FN2O. The molecule has 0 saturated heterocycles. The first-order valence-electron chi connectivity index (χ1n) is 6.93. The number of hydrogen-bond acceptors (Lipinski definition) is 2. The minimum Gasteiger partial charge on any atom is -0.489 e. The highest BCUT2D eigenvalue weighted by Crippen LogP contribution is 2.27. The molecule has 2 aromatic carbocycles. The fourth-order valence-electron chi connectivity index (χ4n) is 2.55. The number of ether oxygens (including phenoxy) is 1. The Labute approximate surface area is 122 Å². The Balaban J connectivity index is 1.92. The summed E-state index contributed by atoms with van der Waals surface area (Å²) < 4.78 is 20.9. The van der Waals surface area contributed by atoms with E-state index in [0.29, 0.717) is 12.4 Å². The Kier molecular flexibility index (Phi) is 3.52. The van der Waals surface area contributed by atoms with Crippen molar-refractivity contribution in [3.05, 3.63) is 60.0 Å². The third kappa shape index (κ3) is 2.57. The van der Waals surface area contributed by atoms with Crippen LogP contribution in [-0.4, -0.2) is 4.57 Å². The summed E-state index contributed by atoms with van der Waals surface area (Å²) in [7, 11) is 0. The molecule has 0 aliphatic carbocycles. The van der Waals surface area contributed by atoms with Gasteiger partial charge in [-0.1, -0.05) is 18.2 Å². The number of nitrogens with zero attached hydrogens (tertiary/aromatic N) is 1. The predicted octanol–water partition coefficient (Wildman–Crippen LogP) is 3.96. The predicted molar refractivity (Wildman–Crippen MR) is 82.8 cm³/mol. The molecule has 1 heterocycles. The summed E-state index contributed by atoms with van der Waals surface area (Å²) in [6.07, 6.45) is 2.04. The smallest absolute Gasteiger partial charge is 0.126 e. The third-order valence-corrected chi connectivity index (χ3v) is 3.54. The molecule has 0 amide bonds. The Bertz CT molecular complexity index is 780. The van der Waals surface area contributed by atoms with Crippen molar-refractivity contribution < 1.29 is 9.13 Å². The Morgan fingerprint density at radius 3 is 2.76 bits per heavy atom. The van der Waals surface area contributed by atoms with Crippen LogP contribution >= 0.6 is 0 Å². The molecule has 0 unspecified atom stereocenters. The van der Waals surface area contributed by atoms with E-state index in [9.17, 15) is 4.39 Å². The third-order valence-electron chi connectivity index (χ3n) is 3.54. The monoisotopic (exact) mass is 284 g/mol. The lowest BCUT2D eigenvalue weighted by Gasteiger charge is -2.05. The number of fused-ring (bicyclic) bond motifs is 1. The van der Waals surface area contributed by atoms with Gasteiger partial charge >= 0.3 is 0 Å². The maximum atomic E-state index is 13.2. The van der Waals surface area contributed by atoms with Gasteiger partial charge in [0.15, 0.2) is 0 Å². The van der Waals surface area contributed by atoms with Crippen LogP contribution in [0.15, 0.2) is 48.7 Å². The van der Waals surface area contributed by atoms with Crippen molar-refractivity contribution in [3.63, 3.8) is 0 Å². The lowest BCUT2D eigenvalue weighted by molar-refractivity contribution is 0.305. The van der Waals surface area contributed by atoms with Gasteiger partial charge in [0.1, 0.15) is 18.2 Å². The van der Waals surface area contributed by atoms with E-state index >= 15 is 0 Å². The molecule has 2 N–H and O–H groups in total. The molecule has 4 heteroatoms. The zero-order valence-corrected chi connectivity index (χ0v) is 11.8. The maximum absolute atomic E-state index is 13.2. The van der Waals surface area contributed by atoms with Gasteiger partial charge in [-0.2, -0.15) is 0 Å². The molecule has 3 rings (SSSR count). The van der Waals surface area contributed by atoms with Gasteiger partial charge in [0.2, 0.25) is 0 Å². The average molecular weight is 284 g/mol. The summed E-state index contributed by atoms with van der Waals surface area (Å²) in [6.45, 7) is 3.30. The Morgan fingerprint density at radius 1 is 1.19 bits per heavy atom. The molecule has 0 aliphatic heterocycles. The van der Waals surface area contributed by atoms with E-state index in [-0.39, 0.29) is 5.82 Å². The summed E-state index contributed by atoms with van der Waals surface area (Å²) in [5, 5.41) is 1.08. The maximum Gasteiger partial charge on any atom is 0.126 e. The number of para-hydroxylation sites is 1. The van der Waals surface area contributed by atoms with Crippen molar-refractivity contribution in [2.24, 2.45) is 0 Å². The highest BCUT2D eigenvalue weighted by atomic mass is 19.1. The van der Waals surface area contributed by atoms with E-state index in [1.54, 1.807) is 12.1 Å². The standard InChI is InChI=1S/C17H17FN2O/c1-2-20-10-12(15-7-4-8-16(19)17(15)20)11-21-14-6-3-5-13(18)9-14/h3-10H,2,11,19H2,1H3. The van der Waals surface area contributed by atoms with Crippen LogP contribution in [0.2, 0.25) is 0 Å². The number of rotatable bonds is 4. The van der Waals surface area contributed by atoms with Crippen LogP contribution in [0.3, 0.4) is 0 Å². The number of halogens is 1. The van der Waals surface area contributed by atoms with Crippen molar-refractivity contribution in [2.75, 3.05) is 5.73 Å². The molecule has 0 spiro atoms. The summed E-state index contributed by atoms with van der Waals surface area (Å²) >= 11 is 0. The quantitative estimate of drug-likeness (QED) is 0.737. The molecule has 0 radical (unpaired) electrons. The fraction of sp³-hybridized carbons (Fsp3) is 0.176. The first-order chi connectivity index (χ1) is 10.2. The average Bonchev–Trinajstić information content (AvgIpc) is 2.85. The van der Waals surface area contributed by atoms with Gasteiger partial charge in [0, 0.05) is 29.8 Å². The first-order valence-corrected chi connectivity index (χ1v) is 6.93. The van der Waals surface area contributed by atoms with Gasteiger partial charge in [0.05, 0.1) is 11.2 Å². The van der Waals surface area contributed by atoms with Gasteiger partial charge < -0.3 is 15.0 Å². The molecule has 0 fully saturated rings. The van der Waals surface area contributed by atoms with Crippen LogP contribution in [0, 0.1) is 5.82 Å². The number of anilines is 1. The van der Waals surface area contributed by atoms with E-state index in [0.717, 1.165) is 28.7 Å². The Morgan fingerprint density at radius 2 is 2.00 bits per heavy atom. The van der Waals surface area contributed by atoms with Crippen LogP contribution in [0.4, 0.5) is 10.1 Å². The van der Waals surface area contributed by atoms with E-state index in [2.05, 4.69) is 11.5 Å². The first kappa shape index (κ1) is 13.5. The molecule has 108 valence electrons. The van der Waals surface area contributed by atoms with Crippen molar-refractivity contribution in [2.45, 2.75) is 20.1 Å². The number of aromatic nitrogens is 1. The van der Waals surface area contributed by atoms with Crippen LogP contribution in [0.1, 0.15) is 12.5 Å². The largest absolute Gasteiger partial charge is 0.489 e. The molecule has 0 saturated carbocycles. The summed E-state index contributed by atoms with van der Waals surface area (Å²) in [5.74, 6) is 0.226. The topological polar surface area (TPSA) is 40.2 Å².